The number of rotatable bonds is 5. The Morgan fingerprint density at radius 1 is 1.47 bits per heavy atom. The average Bonchev–Trinajstić information content (AvgIpc) is 2.36. The third-order valence-corrected chi connectivity index (χ3v) is 3.26. The average molecular weight is 267 g/mol. The van der Waals surface area contributed by atoms with Crippen LogP contribution >= 0.6 is 0 Å². The van der Waals surface area contributed by atoms with Crippen molar-refractivity contribution < 1.29 is 9.18 Å². The van der Waals surface area contributed by atoms with E-state index in [0.29, 0.717) is 12.1 Å². The molecule has 19 heavy (non-hydrogen) atoms. The molecule has 0 bridgehead atoms. The highest BCUT2D eigenvalue weighted by atomic mass is 19.1. The monoisotopic (exact) mass is 267 g/mol. The normalized spacial score (nSPS) is 12.9. The van der Waals surface area contributed by atoms with Crippen LogP contribution in [0.3, 0.4) is 0 Å². The lowest BCUT2D eigenvalue weighted by molar-refractivity contribution is 0.230. The highest BCUT2D eigenvalue weighted by molar-refractivity contribution is 5.74. The number of aromatic nitrogens is 1. The second kappa shape index (κ2) is 6.50. The zero-order valence-corrected chi connectivity index (χ0v) is 12.0. The molecule has 4 nitrogen and oxygen atoms in total. The first-order chi connectivity index (χ1) is 8.84. The summed E-state index contributed by atoms with van der Waals surface area (Å²) in [5.74, 6) is -0.404. The van der Waals surface area contributed by atoms with Crippen molar-refractivity contribution in [1.82, 2.24) is 15.6 Å². The Balaban J connectivity index is 2.49. The highest BCUT2D eigenvalue weighted by Crippen LogP contribution is 2.17. The van der Waals surface area contributed by atoms with Gasteiger partial charge in [0, 0.05) is 12.7 Å². The fourth-order valence-electron chi connectivity index (χ4n) is 1.44. The summed E-state index contributed by atoms with van der Waals surface area (Å²) in [4.78, 5) is 15.5. The SMILES string of the molecule is CCC(C)(C)CNC(=O)N[C@@H](C)c1cncc(F)c1. The van der Waals surface area contributed by atoms with Crippen LogP contribution in [-0.2, 0) is 0 Å². The molecule has 0 radical (unpaired) electrons. The maximum atomic E-state index is 13.0. The van der Waals surface area contributed by atoms with E-state index in [0.717, 1.165) is 12.6 Å². The van der Waals surface area contributed by atoms with Gasteiger partial charge in [-0.1, -0.05) is 20.8 Å². The van der Waals surface area contributed by atoms with Gasteiger partial charge < -0.3 is 10.6 Å². The third-order valence-electron chi connectivity index (χ3n) is 3.26. The van der Waals surface area contributed by atoms with Gasteiger partial charge in [0.1, 0.15) is 5.82 Å². The molecule has 2 amide bonds. The van der Waals surface area contributed by atoms with Gasteiger partial charge >= 0.3 is 6.03 Å². The molecule has 106 valence electrons. The predicted molar refractivity (Wildman–Crippen MR) is 73.2 cm³/mol. The molecule has 0 aliphatic rings. The van der Waals surface area contributed by atoms with Crippen LogP contribution in [0.4, 0.5) is 9.18 Å². The van der Waals surface area contributed by atoms with Gasteiger partial charge in [0.2, 0.25) is 0 Å². The van der Waals surface area contributed by atoms with Gasteiger partial charge in [0.05, 0.1) is 12.2 Å². The molecule has 0 aliphatic carbocycles. The Bertz CT molecular complexity index is 434. The van der Waals surface area contributed by atoms with Crippen molar-refractivity contribution in [1.29, 1.82) is 0 Å². The summed E-state index contributed by atoms with van der Waals surface area (Å²) in [7, 11) is 0. The molecule has 2 N–H and O–H groups in total. The largest absolute Gasteiger partial charge is 0.338 e. The summed E-state index contributed by atoms with van der Waals surface area (Å²) in [6, 6.07) is 0.833. The summed E-state index contributed by atoms with van der Waals surface area (Å²) in [5.41, 5.74) is 0.714. The molecule has 0 aliphatic heterocycles. The predicted octanol–water partition coefficient (Wildman–Crippen LogP) is 3.02. The number of carbonyl (C=O) groups is 1. The molecule has 0 spiro atoms. The summed E-state index contributed by atoms with van der Waals surface area (Å²) in [6.45, 7) is 8.66. The molecular formula is C14H22FN3O. The number of nitrogens with one attached hydrogen (secondary N) is 2. The first kappa shape index (κ1) is 15.4. The molecule has 0 aromatic carbocycles. The maximum Gasteiger partial charge on any atom is 0.315 e. The van der Waals surface area contributed by atoms with Crippen molar-refractivity contribution in [3.8, 4) is 0 Å². The Hall–Kier alpha value is -1.65. The van der Waals surface area contributed by atoms with Gasteiger partial charge in [0.25, 0.3) is 0 Å². The van der Waals surface area contributed by atoms with Crippen LogP contribution < -0.4 is 10.6 Å². The van der Waals surface area contributed by atoms with E-state index in [2.05, 4.69) is 36.4 Å². The molecule has 5 heteroatoms. The smallest absolute Gasteiger partial charge is 0.315 e. The number of hydrogen-bond acceptors (Lipinski definition) is 2. The first-order valence-corrected chi connectivity index (χ1v) is 6.49. The van der Waals surface area contributed by atoms with Crippen molar-refractivity contribution >= 4 is 6.03 Å². The minimum absolute atomic E-state index is 0.0704. The lowest BCUT2D eigenvalue weighted by atomic mass is 9.90. The second-order valence-electron chi connectivity index (χ2n) is 5.50. The lowest BCUT2D eigenvalue weighted by Gasteiger charge is -2.23. The van der Waals surface area contributed by atoms with Crippen LogP contribution in [0.2, 0.25) is 0 Å². The third kappa shape index (κ3) is 5.24. The zero-order valence-electron chi connectivity index (χ0n) is 12.0. The first-order valence-electron chi connectivity index (χ1n) is 6.49. The van der Waals surface area contributed by atoms with Crippen LogP contribution in [0.25, 0.3) is 0 Å². The number of pyridine rings is 1. The fraction of sp³-hybridized carbons (Fsp3) is 0.571. The number of amides is 2. The van der Waals surface area contributed by atoms with E-state index in [1.165, 1.54) is 6.07 Å². The topological polar surface area (TPSA) is 54.0 Å². The summed E-state index contributed by atoms with van der Waals surface area (Å²) in [6.07, 6.45) is 3.67. The van der Waals surface area contributed by atoms with Crippen molar-refractivity contribution in [3.05, 3.63) is 29.8 Å². The van der Waals surface area contributed by atoms with Crippen LogP contribution in [-0.4, -0.2) is 17.6 Å². The zero-order chi connectivity index (χ0) is 14.5. The quantitative estimate of drug-likeness (QED) is 0.861. The van der Waals surface area contributed by atoms with E-state index in [4.69, 9.17) is 0 Å². The van der Waals surface area contributed by atoms with Crippen molar-refractivity contribution in [2.24, 2.45) is 5.41 Å². The second-order valence-corrected chi connectivity index (χ2v) is 5.50. The number of carbonyl (C=O) groups excluding carboxylic acids is 1. The van der Waals surface area contributed by atoms with Gasteiger partial charge in [-0.2, -0.15) is 0 Å². The van der Waals surface area contributed by atoms with E-state index in [-0.39, 0.29) is 17.5 Å². The summed E-state index contributed by atoms with van der Waals surface area (Å²) in [5, 5.41) is 5.59. The van der Waals surface area contributed by atoms with Gasteiger partial charge in [-0.05, 0) is 30.4 Å². The molecule has 0 unspecified atom stereocenters. The standard InChI is InChI=1S/C14H22FN3O/c1-5-14(3,4)9-17-13(19)18-10(2)11-6-12(15)8-16-7-11/h6-8,10H,5,9H2,1-4H3,(H2,17,18,19)/t10-/m0/s1. The van der Waals surface area contributed by atoms with E-state index in [9.17, 15) is 9.18 Å². The molecular weight excluding hydrogens is 245 g/mol. The Labute approximate surface area is 113 Å². The number of hydrogen-bond donors (Lipinski definition) is 2. The Morgan fingerprint density at radius 3 is 2.74 bits per heavy atom. The molecule has 0 fully saturated rings. The molecule has 1 atom stereocenters. The van der Waals surface area contributed by atoms with Gasteiger partial charge in [-0.3, -0.25) is 4.98 Å². The van der Waals surface area contributed by atoms with Gasteiger partial charge in [-0.15, -0.1) is 0 Å². The molecule has 1 rings (SSSR count). The van der Waals surface area contributed by atoms with E-state index in [1.54, 1.807) is 13.1 Å². The fourth-order valence-corrected chi connectivity index (χ4v) is 1.44. The summed E-state index contributed by atoms with van der Waals surface area (Å²) >= 11 is 0. The molecule has 1 heterocycles. The van der Waals surface area contributed by atoms with E-state index >= 15 is 0 Å². The Morgan fingerprint density at radius 2 is 2.16 bits per heavy atom. The molecule has 1 aromatic heterocycles. The van der Waals surface area contributed by atoms with Gasteiger partial charge in [0.15, 0.2) is 0 Å². The van der Waals surface area contributed by atoms with Crippen molar-refractivity contribution in [3.63, 3.8) is 0 Å². The molecule has 1 aromatic rings. The van der Waals surface area contributed by atoms with E-state index in [1.807, 2.05) is 0 Å². The maximum absolute atomic E-state index is 13.0. The Kier molecular flexibility index (Phi) is 5.27. The number of nitrogens with zero attached hydrogens (tertiary/aromatic N) is 1. The highest BCUT2D eigenvalue weighted by Gasteiger charge is 2.17. The van der Waals surface area contributed by atoms with Crippen LogP contribution in [0.5, 0.6) is 0 Å². The molecule has 0 saturated carbocycles. The summed E-state index contributed by atoms with van der Waals surface area (Å²) < 4.78 is 13.0. The number of halogens is 1. The lowest BCUT2D eigenvalue weighted by Crippen LogP contribution is -2.41. The van der Waals surface area contributed by atoms with E-state index < -0.39 is 5.82 Å². The van der Waals surface area contributed by atoms with Crippen molar-refractivity contribution in [2.75, 3.05) is 6.54 Å². The minimum atomic E-state index is -0.404. The van der Waals surface area contributed by atoms with Crippen LogP contribution in [0.1, 0.15) is 45.7 Å². The minimum Gasteiger partial charge on any atom is -0.338 e. The number of urea groups is 1. The van der Waals surface area contributed by atoms with Crippen molar-refractivity contribution in [2.45, 2.75) is 40.2 Å². The molecule has 0 saturated heterocycles. The van der Waals surface area contributed by atoms with Crippen LogP contribution in [0, 0.1) is 11.2 Å². The van der Waals surface area contributed by atoms with Gasteiger partial charge in [-0.25, -0.2) is 9.18 Å². The van der Waals surface area contributed by atoms with Crippen LogP contribution in [0.15, 0.2) is 18.5 Å².